The summed E-state index contributed by atoms with van der Waals surface area (Å²) < 4.78 is 0. The Kier molecular flexibility index (Phi) is 7.20. The molecule has 3 nitrogen and oxygen atoms in total. The molecule has 0 bridgehead atoms. The molecule has 0 aromatic heterocycles. The van der Waals surface area contributed by atoms with Crippen LogP contribution in [0.1, 0.15) is 52.9 Å². The highest BCUT2D eigenvalue weighted by molar-refractivity contribution is 4.83. The molecule has 2 unspecified atom stereocenters. The number of nitrogens with one attached hydrogen (secondary N) is 1. The first-order valence-corrected chi connectivity index (χ1v) is 7.71. The van der Waals surface area contributed by atoms with E-state index in [1.807, 2.05) is 0 Å². The van der Waals surface area contributed by atoms with Gasteiger partial charge in [-0.15, -0.1) is 0 Å². The average Bonchev–Trinajstić information content (AvgIpc) is 2.84. The van der Waals surface area contributed by atoms with E-state index in [4.69, 9.17) is 0 Å². The molecule has 18 heavy (non-hydrogen) atoms. The molecular weight excluding hydrogens is 224 g/mol. The molecule has 0 saturated carbocycles. The van der Waals surface area contributed by atoms with E-state index in [0.29, 0.717) is 0 Å². The lowest BCUT2D eigenvalue weighted by atomic mass is 9.96. The predicted molar refractivity (Wildman–Crippen MR) is 77.9 cm³/mol. The molecule has 1 rings (SSSR count). The molecule has 3 heteroatoms. The molecule has 0 amide bonds. The van der Waals surface area contributed by atoms with E-state index in [1.165, 1.54) is 38.9 Å². The van der Waals surface area contributed by atoms with Crippen LogP contribution in [0.3, 0.4) is 0 Å². The normalized spacial score (nSPS) is 24.3. The summed E-state index contributed by atoms with van der Waals surface area (Å²) in [5.41, 5.74) is -0.0834. The van der Waals surface area contributed by atoms with E-state index in [9.17, 15) is 5.11 Å². The van der Waals surface area contributed by atoms with Crippen LogP contribution in [-0.2, 0) is 0 Å². The maximum Gasteiger partial charge on any atom is 0.0610 e. The first-order valence-electron chi connectivity index (χ1n) is 7.71. The van der Waals surface area contributed by atoms with Crippen molar-refractivity contribution < 1.29 is 5.11 Å². The second-order valence-electron chi connectivity index (χ2n) is 6.11. The third kappa shape index (κ3) is 5.25. The van der Waals surface area contributed by atoms with Crippen LogP contribution in [0.4, 0.5) is 0 Å². The monoisotopic (exact) mass is 256 g/mol. The van der Waals surface area contributed by atoms with Gasteiger partial charge in [-0.2, -0.15) is 0 Å². The summed E-state index contributed by atoms with van der Waals surface area (Å²) in [7, 11) is 0. The molecule has 0 spiro atoms. The van der Waals surface area contributed by atoms with Gasteiger partial charge in [-0.1, -0.05) is 20.3 Å². The van der Waals surface area contributed by atoms with Gasteiger partial charge < -0.3 is 15.3 Å². The summed E-state index contributed by atoms with van der Waals surface area (Å²) in [6, 6.07) is 0. The van der Waals surface area contributed by atoms with Crippen molar-refractivity contribution in [2.24, 2.45) is 5.92 Å². The summed E-state index contributed by atoms with van der Waals surface area (Å²) >= 11 is 0. The van der Waals surface area contributed by atoms with Gasteiger partial charge in [0.25, 0.3) is 0 Å². The van der Waals surface area contributed by atoms with Gasteiger partial charge in [0.15, 0.2) is 0 Å². The van der Waals surface area contributed by atoms with Crippen molar-refractivity contribution >= 4 is 0 Å². The molecule has 2 atom stereocenters. The predicted octanol–water partition coefficient (Wildman–Crippen LogP) is 2.25. The van der Waals surface area contributed by atoms with Gasteiger partial charge in [-0.3, -0.25) is 0 Å². The van der Waals surface area contributed by atoms with Gasteiger partial charge in [-0.05, 0) is 58.2 Å². The molecule has 1 saturated heterocycles. The smallest absolute Gasteiger partial charge is 0.0610 e. The fourth-order valence-electron chi connectivity index (χ4n) is 2.79. The number of aliphatic hydroxyl groups excluding tert-OH is 1. The maximum absolute atomic E-state index is 9.51. The average molecular weight is 256 g/mol. The lowest BCUT2D eigenvalue weighted by Gasteiger charge is -2.29. The Morgan fingerprint density at radius 1 is 1.39 bits per heavy atom. The molecule has 1 aliphatic heterocycles. The number of hydrogen-bond acceptors (Lipinski definition) is 3. The Morgan fingerprint density at radius 3 is 2.72 bits per heavy atom. The number of nitrogens with zero attached hydrogens (tertiary/aromatic N) is 1. The Bertz CT molecular complexity index is 223. The van der Waals surface area contributed by atoms with E-state index in [1.54, 1.807) is 0 Å². The maximum atomic E-state index is 9.51. The SMILES string of the molecule is CCCNC(C)(CO)CCCN1CCC(CC)C1. The summed E-state index contributed by atoms with van der Waals surface area (Å²) in [4.78, 5) is 2.59. The van der Waals surface area contributed by atoms with Crippen LogP contribution >= 0.6 is 0 Å². The van der Waals surface area contributed by atoms with Crippen molar-refractivity contribution in [2.45, 2.75) is 58.4 Å². The summed E-state index contributed by atoms with van der Waals surface area (Å²) in [5.74, 6) is 0.924. The Labute approximate surface area is 113 Å². The third-order valence-electron chi connectivity index (χ3n) is 4.30. The quantitative estimate of drug-likeness (QED) is 0.664. The molecule has 0 aromatic carbocycles. The standard InChI is InChI=1S/C15H32N2O/c1-4-9-16-15(3,13-18)8-6-10-17-11-7-14(5-2)12-17/h14,16,18H,4-13H2,1-3H3. The van der Waals surface area contributed by atoms with Crippen molar-refractivity contribution in [3.05, 3.63) is 0 Å². The number of hydrogen-bond donors (Lipinski definition) is 2. The molecule has 1 aliphatic rings. The summed E-state index contributed by atoms with van der Waals surface area (Å²) in [6.45, 7) is 11.6. The zero-order valence-electron chi connectivity index (χ0n) is 12.5. The fourth-order valence-corrected chi connectivity index (χ4v) is 2.79. The molecule has 0 aliphatic carbocycles. The highest BCUT2D eigenvalue weighted by atomic mass is 16.3. The second-order valence-corrected chi connectivity index (χ2v) is 6.11. The van der Waals surface area contributed by atoms with Crippen molar-refractivity contribution in [2.75, 3.05) is 32.8 Å². The minimum absolute atomic E-state index is 0.0834. The Balaban J connectivity index is 2.19. The van der Waals surface area contributed by atoms with Crippen LogP contribution in [-0.4, -0.2) is 48.3 Å². The van der Waals surface area contributed by atoms with Gasteiger partial charge >= 0.3 is 0 Å². The minimum Gasteiger partial charge on any atom is -0.394 e. The molecule has 0 radical (unpaired) electrons. The van der Waals surface area contributed by atoms with Crippen LogP contribution in [0.2, 0.25) is 0 Å². The van der Waals surface area contributed by atoms with Crippen LogP contribution < -0.4 is 5.32 Å². The molecular formula is C15H32N2O. The highest BCUT2D eigenvalue weighted by Gasteiger charge is 2.24. The van der Waals surface area contributed by atoms with E-state index in [2.05, 4.69) is 31.0 Å². The van der Waals surface area contributed by atoms with Gasteiger partial charge in [0.05, 0.1) is 6.61 Å². The van der Waals surface area contributed by atoms with Crippen molar-refractivity contribution in [1.82, 2.24) is 10.2 Å². The van der Waals surface area contributed by atoms with Crippen molar-refractivity contribution in [3.8, 4) is 0 Å². The van der Waals surface area contributed by atoms with E-state index in [0.717, 1.165) is 25.3 Å². The zero-order chi connectivity index (χ0) is 13.4. The topological polar surface area (TPSA) is 35.5 Å². The number of likely N-dealkylation sites (tertiary alicyclic amines) is 1. The third-order valence-corrected chi connectivity index (χ3v) is 4.30. The van der Waals surface area contributed by atoms with Gasteiger partial charge in [-0.25, -0.2) is 0 Å². The van der Waals surface area contributed by atoms with E-state index >= 15 is 0 Å². The van der Waals surface area contributed by atoms with Crippen molar-refractivity contribution in [1.29, 1.82) is 0 Å². The molecule has 0 aromatic rings. The highest BCUT2D eigenvalue weighted by Crippen LogP contribution is 2.20. The first kappa shape index (κ1) is 15.9. The summed E-state index contributed by atoms with van der Waals surface area (Å²) in [5, 5.41) is 13.0. The van der Waals surface area contributed by atoms with Crippen LogP contribution in [0.5, 0.6) is 0 Å². The van der Waals surface area contributed by atoms with Gasteiger partial charge in [0.2, 0.25) is 0 Å². The minimum atomic E-state index is -0.0834. The van der Waals surface area contributed by atoms with Crippen LogP contribution in [0.15, 0.2) is 0 Å². The van der Waals surface area contributed by atoms with Crippen molar-refractivity contribution in [3.63, 3.8) is 0 Å². The first-order chi connectivity index (χ1) is 8.63. The number of aliphatic hydroxyl groups is 1. The summed E-state index contributed by atoms with van der Waals surface area (Å²) in [6.07, 6.45) is 6.08. The fraction of sp³-hybridized carbons (Fsp3) is 1.00. The van der Waals surface area contributed by atoms with Gasteiger partial charge in [0.1, 0.15) is 0 Å². The molecule has 2 N–H and O–H groups in total. The Morgan fingerprint density at radius 2 is 2.17 bits per heavy atom. The van der Waals surface area contributed by atoms with Crippen LogP contribution in [0.25, 0.3) is 0 Å². The second kappa shape index (κ2) is 8.13. The lowest BCUT2D eigenvalue weighted by Crippen LogP contribution is -2.46. The molecule has 1 heterocycles. The zero-order valence-corrected chi connectivity index (χ0v) is 12.5. The molecule has 1 fully saturated rings. The number of rotatable bonds is 9. The van der Waals surface area contributed by atoms with Gasteiger partial charge in [0, 0.05) is 12.1 Å². The molecule has 108 valence electrons. The lowest BCUT2D eigenvalue weighted by molar-refractivity contribution is 0.158. The largest absolute Gasteiger partial charge is 0.394 e. The van der Waals surface area contributed by atoms with E-state index in [-0.39, 0.29) is 12.1 Å². The Hall–Kier alpha value is -0.120. The van der Waals surface area contributed by atoms with Crippen LogP contribution in [0, 0.1) is 5.92 Å². The van der Waals surface area contributed by atoms with E-state index < -0.39 is 0 Å².